The summed E-state index contributed by atoms with van der Waals surface area (Å²) in [4.78, 5) is 2.28. The topological polar surface area (TPSA) is 36.3 Å². The molecule has 0 bridgehead atoms. The van der Waals surface area contributed by atoms with Crippen molar-refractivity contribution in [2.24, 2.45) is 0 Å². The van der Waals surface area contributed by atoms with E-state index in [-0.39, 0.29) is 5.41 Å². The predicted molar refractivity (Wildman–Crippen MR) is 71.8 cm³/mol. The fraction of sp³-hybridized carbons (Fsp3) is 0.533. The van der Waals surface area contributed by atoms with Crippen molar-refractivity contribution in [3.63, 3.8) is 0 Å². The van der Waals surface area contributed by atoms with Gasteiger partial charge in [0.05, 0.1) is 18.6 Å². The Hall–Kier alpha value is -1.53. The average molecular weight is 244 g/mol. The van der Waals surface area contributed by atoms with Gasteiger partial charge in [-0.2, -0.15) is 5.26 Å². The van der Waals surface area contributed by atoms with Gasteiger partial charge in [-0.25, -0.2) is 0 Å². The molecule has 0 aromatic heterocycles. The molecule has 2 rings (SSSR count). The maximum atomic E-state index is 9.67. The fourth-order valence-corrected chi connectivity index (χ4v) is 2.64. The number of hydrogen-bond acceptors (Lipinski definition) is 3. The van der Waals surface area contributed by atoms with Gasteiger partial charge in [-0.15, -0.1) is 0 Å². The van der Waals surface area contributed by atoms with Crippen LogP contribution in [0.4, 0.5) is 0 Å². The smallest absolute Gasteiger partial charge is 0.123 e. The lowest BCUT2D eigenvalue weighted by Gasteiger charge is -2.36. The van der Waals surface area contributed by atoms with E-state index < -0.39 is 0 Å². The van der Waals surface area contributed by atoms with E-state index in [1.807, 2.05) is 12.1 Å². The molecule has 1 aromatic carbocycles. The predicted octanol–water partition coefficient (Wildman–Crippen LogP) is 2.49. The largest absolute Gasteiger partial charge is 0.496 e. The van der Waals surface area contributed by atoms with E-state index in [4.69, 9.17) is 4.74 Å². The number of hydrogen-bond donors (Lipinski definition) is 0. The Labute approximate surface area is 109 Å². The Balaban J connectivity index is 2.44. The fourth-order valence-electron chi connectivity index (χ4n) is 2.64. The van der Waals surface area contributed by atoms with E-state index in [1.54, 1.807) is 7.11 Å². The summed E-state index contributed by atoms with van der Waals surface area (Å²) in [5, 5.41) is 9.67. The molecule has 1 heterocycles. The molecule has 0 atom stereocenters. The van der Waals surface area contributed by atoms with Crippen LogP contribution in [0.2, 0.25) is 0 Å². The van der Waals surface area contributed by atoms with E-state index >= 15 is 0 Å². The van der Waals surface area contributed by atoms with Crippen LogP contribution >= 0.6 is 0 Å². The van der Waals surface area contributed by atoms with Gasteiger partial charge in [-0.3, -0.25) is 0 Å². The summed E-state index contributed by atoms with van der Waals surface area (Å²) in [6.45, 7) is 3.98. The molecule has 0 amide bonds. The zero-order valence-electron chi connectivity index (χ0n) is 11.4. The van der Waals surface area contributed by atoms with E-state index in [1.165, 1.54) is 5.56 Å². The summed E-state index contributed by atoms with van der Waals surface area (Å²) in [6, 6.07) is 8.66. The molecule has 18 heavy (non-hydrogen) atoms. The first-order valence-electron chi connectivity index (χ1n) is 6.36. The molecule has 0 unspecified atom stereocenters. The standard InChI is InChI=1S/C15H20N2O/c1-12-4-5-14(18-3)13(10-12)15(11-16)6-8-17(2)9-7-15/h4-5,10H,6-9H2,1-3H3. The number of likely N-dealkylation sites (tertiary alicyclic amines) is 1. The van der Waals surface area contributed by atoms with Gasteiger partial charge in [0.15, 0.2) is 0 Å². The molecular weight excluding hydrogens is 224 g/mol. The van der Waals surface area contributed by atoms with Crippen molar-refractivity contribution < 1.29 is 4.74 Å². The second-order valence-electron chi connectivity index (χ2n) is 5.20. The van der Waals surface area contributed by atoms with Crippen LogP contribution in [0.25, 0.3) is 0 Å². The first-order valence-corrected chi connectivity index (χ1v) is 6.36. The molecule has 0 aliphatic carbocycles. The van der Waals surface area contributed by atoms with Crippen LogP contribution in [0, 0.1) is 18.3 Å². The number of aryl methyl sites for hydroxylation is 1. The summed E-state index contributed by atoms with van der Waals surface area (Å²) in [5.74, 6) is 0.840. The minimum Gasteiger partial charge on any atom is -0.496 e. The molecule has 1 saturated heterocycles. The molecule has 1 aliphatic rings. The van der Waals surface area contributed by atoms with E-state index in [0.717, 1.165) is 37.2 Å². The van der Waals surface area contributed by atoms with E-state index in [2.05, 4.69) is 31.0 Å². The van der Waals surface area contributed by atoms with Gasteiger partial charge in [-0.1, -0.05) is 17.7 Å². The number of rotatable bonds is 2. The van der Waals surface area contributed by atoms with Gasteiger partial charge in [0, 0.05) is 5.56 Å². The molecule has 3 heteroatoms. The summed E-state index contributed by atoms with van der Waals surface area (Å²) in [7, 11) is 3.78. The van der Waals surface area contributed by atoms with Crippen LogP contribution in [0.5, 0.6) is 5.75 Å². The molecule has 0 saturated carbocycles. The van der Waals surface area contributed by atoms with Crippen LogP contribution in [0.3, 0.4) is 0 Å². The third-order valence-electron chi connectivity index (χ3n) is 3.93. The maximum Gasteiger partial charge on any atom is 0.123 e. The Bertz CT molecular complexity index is 468. The van der Waals surface area contributed by atoms with Crippen LogP contribution < -0.4 is 4.74 Å². The highest BCUT2D eigenvalue weighted by atomic mass is 16.5. The van der Waals surface area contributed by atoms with Crippen LogP contribution in [-0.4, -0.2) is 32.1 Å². The number of benzene rings is 1. The maximum absolute atomic E-state index is 9.67. The zero-order chi connectivity index (χ0) is 13.2. The number of nitrogens with zero attached hydrogens (tertiary/aromatic N) is 2. The van der Waals surface area contributed by atoms with Crippen molar-refractivity contribution in [3.8, 4) is 11.8 Å². The van der Waals surface area contributed by atoms with Gasteiger partial charge >= 0.3 is 0 Å². The number of nitriles is 1. The van der Waals surface area contributed by atoms with Crippen LogP contribution in [0.15, 0.2) is 18.2 Å². The first kappa shape index (κ1) is 12.9. The molecule has 0 radical (unpaired) electrons. The molecule has 0 N–H and O–H groups in total. The van der Waals surface area contributed by atoms with Gasteiger partial charge in [0.1, 0.15) is 5.75 Å². The zero-order valence-corrected chi connectivity index (χ0v) is 11.4. The van der Waals surface area contributed by atoms with Gasteiger partial charge in [-0.05, 0) is 46.0 Å². The summed E-state index contributed by atoms with van der Waals surface area (Å²) in [5.41, 5.74) is 1.85. The highest BCUT2D eigenvalue weighted by molar-refractivity contribution is 5.46. The van der Waals surface area contributed by atoms with E-state index in [0.29, 0.717) is 0 Å². The van der Waals surface area contributed by atoms with Gasteiger partial charge < -0.3 is 9.64 Å². The van der Waals surface area contributed by atoms with Crippen LogP contribution in [-0.2, 0) is 5.41 Å². The molecule has 1 aromatic rings. The summed E-state index contributed by atoms with van der Waals surface area (Å²) in [6.07, 6.45) is 1.75. The molecular formula is C15H20N2O. The summed E-state index contributed by atoms with van der Waals surface area (Å²) < 4.78 is 5.44. The average Bonchev–Trinajstić information content (AvgIpc) is 2.40. The molecule has 96 valence electrons. The van der Waals surface area contributed by atoms with Crippen molar-refractivity contribution in [3.05, 3.63) is 29.3 Å². The van der Waals surface area contributed by atoms with Crippen molar-refractivity contribution in [2.75, 3.05) is 27.2 Å². The SMILES string of the molecule is COc1ccc(C)cc1C1(C#N)CCN(C)CC1. The summed E-state index contributed by atoms with van der Waals surface area (Å²) >= 11 is 0. The quantitative estimate of drug-likeness (QED) is 0.802. The second kappa shape index (κ2) is 4.99. The first-order chi connectivity index (χ1) is 8.61. The highest BCUT2D eigenvalue weighted by Gasteiger charge is 2.37. The van der Waals surface area contributed by atoms with Crippen molar-refractivity contribution in [2.45, 2.75) is 25.2 Å². The Kier molecular flexibility index (Phi) is 3.58. The lowest BCUT2D eigenvalue weighted by Crippen LogP contribution is -2.40. The highest BCUT2D eigenvalue weighted by Crippen LogP contribution is 2.40. The monoisotopic (exact) mass is 244 g/mol. The lowest BCUT2D eigenvalue weighted by molar-refractivity contribution is 0.218. The number of piperidine rings is 1. The minimum absolute atomic E-state index is 0.385. The third-order valence-corrected chi connectivity index (χ3v) is 3.93. The minimum atomic E-state index is -0.385. The number of methoxy groups -OCH3 is 1. The molecule has 0 spiro atoms. The lowest BCUT2D eigenvalue weighted by atomic mass is 9.73. The van der Waals surface area contributed by atoms with Crippen molar-refractivity contribution in [1.82, 2.24) is 4.90 Å². The van der Waals surface area contributed by atoms with Gasteiger partial charge in [0.25, 0.3) is 0 Å². The third kappa shape index (κ3) is 2.21. The second-order valence-corrected chi connectivity index (χ2v) is 5.20. The van der Waals surface area contributed by atoms with E-state index in [9.17, 15) is 5.26 Å². The normalized spacial score (nSPS) is 19.2. The Morgan fingerprint density at radius 1 is 1.33 bits per heavy atom. The van der Waals surface area contributed by atoms with Crippen LogP contribution in [0.1, 0.15) is 24.0 Å². The number of ether oxygens (including phenoxy) is 1. The van der Waals surface area contributed by atoms with Crippen molar-refractivity contribution >= 4 is 0 Å². The Morgan fingerprint density at radius 2 is 2.00 bits per heavy atom. The molecule has 1 fully saturated rings. The van der Waals surface area contributed by atoms with Crippen molar-refractivity contribution in [1.29, 1.82) is 5.26 Å². The molecule has 1 aliphatic heterocycles. The molecule has 3 nitrogen and oxygen atoms in total. The Morgan fingerprint density at radius 3 is 2.56 bits per heavy atom. The van der Waals surface area contributed by atoms with Gasteiger partial charge in [0.2, 0.25) is 0 Å².